The molecule has 0 radical (unpaired) electrons. The third kappa shape index (κ3) is 8.65. The maximum absolute atomic E-state index is 13.8. The molecular weight excluding hydrogens is 516 g/mol. The lowest BCUT2D eigenvalue weighted by Gasteiger charge is -2.29. The van der Waals surface area contributed by atoms with Gasteiger partial charge in [-0.15, -0.1) is 0 Å². The van der Waals surface area contributed by atoms with Gasteiger partial charge in [-0.1, -0.05) is 84.4 Å². The van der Waals surface area contributed by atoms with Crippen LogP contribution in [0.4, 0.5) is 4.79 Å². The first-order valence-corrected chi connectivity index (χ1v) is 14.3. The number of rotatable bonds is 10. The Morgan fingerprint density at radius 3 is 2.24 bits per heavy atom. The maximum atomic E-state index is 13.8. The summed E-state index contributed by atoms with van der Waals surface area (Å²) < 4.78 is 5.48. The summed E-state index contributed by atoms with van der Waals surface area (Å²) in [4.78, 5) is 26.5. The van der Waals surface area contributed by atoms with Gasteiger partial charge in [-0.2, -0.15) is 0 Å². The van der Waals surface area contributed by atoms with Crippen LogP contribution in [-0.2, 0) is 28.8 Å². The predicted molar refractivity (Wildman–Crippen MR) is 159 cm³/mol. The fraction of sp³-hybridized carbons (Fsp3) is 0.412. The van der Waals surface area contributed by atoms with Crippen molar-refractivity contribution < 1.29 is 24.5 Å². The minimum atomic E-state index is -1.04. The molecule has 7 heteroatoms. The first kappa shape index (κ1) is 30.3. The molecule has 3 aromatic carbocycles. The lowest BCUT2D eigenvalue weighted by atomic mass is 9.88. The lowest BCUT2D eigenvalue weighted by Crippen LogP contribution is -2.48. The summed E-state index contributed by atoms with van der Waals surface area (Å²) in [7, 11) is 0. The first-order valence-electron chi connectivity index (χ1n) is 14.3. The van der Waals surface area contributed by atoms with E-state index in [1.807, 2.05) is 85.8 Å². The number of fused-ring (bicyclic) bond motifs is 1. The van der Waals surface area contributed by atoms with Crippen LogP contribution in [0.1, 0.15) is 61.1 Å². The Labute approximate surface area is 243 Å². The first-order chi connectivity index (χ1) is 19.5. The third-order valence-electron chi connectivity index (χ3n) is 7.47. The van der Waals surface area contributed by atoms with Crippen molar-refractivity contribution >= 4 is 12.0 Å². The molecule has 0 saturated heterocycles. The molecule has 0 heterocycles. The summed E-state index contributed by atoms with van der Waals surface area (Å²) in [5, 5.41) is 28.2. The van der Waals surface area contributed by atoms with Gasteiger partial charge >= 0.3 is 6.09 Å². The molecule has 2 amide bonds. The van der Waals surface area contributed by atoms with Crippen LogP contribution in [0.5, 0.6) is 0 Å². The van der Waals surface area contributed by atoms with Gasteiger partial charge in [0.25, 0.3) is 0 Å². The summed E-state index contributed by atoms with van der Waals surface area (Å²) in [5.41, 5.74) is 4.26. The molecule has 1 aliphatic rings. The van der Waals surface area contributed by atoms with Gasteiger partial charge in [-0.05, 0) is 69.2 Å². The highest BCUT2D eigenvalue weighted by molar-refractivity contribution is 5.80. The molecule has 41 heavy (non-hydrogen) atoms. The van der Waals surface area contributed by atoms with Crippen LogP contribution in [-0.4, -0.2) is 46.1 Å². The summed E-state index contributed by atoms with van der Waals surface area (Å²) in [5.74, 6) is -0.854. The molecule has 0 aromatic heterocycles. The van der Waals surface area contributed by atoms with Crippen molar-refractivity contribution in [1.82, 2.24) is 10.6 Å². The van der Waals surface area contributed by atoms with E-state index >= 15 is 0 Å². The molecule has 0 unspecified atom stereocenters. The predicted octanol–water partition coefficient (Wildman–Crippen LogP) is 4.82. The van der Waals surface area contributed by atoms with Crippen LogP contribution in [0.15, 0.2) is 78.9 Å². The molecule has 1 aliphatic carbocycles. The second kappa shape index (κ2) is 13.3. The molecule has 0 saturated carbocycles. The Bertz CT molecular complexity index is 1300. The van der Waals surface area contributed by atoms with Crippen LogP contribution in [0, 0.1) is 12.8 Å². The summed E-state index contributed by atoms with van der Waals surface area (Å²) in [6.45, 7) is 7.36. The normalized spacial score (nSPS) is 18.6. The number of nitrogens with one attached hydrogen (secondary N) is 2. The number of ether oxygens (including phenoxy) is 1. The van der Waals surface area contributed by atoms with Gasteiger partial charge in [-0.3, -0.25) is 4.79 Å². The second-order valence-corrected chi connectivity index (χ2v) is 12.1. The Hall–Kier alpha value is -3.68. The highest BCUT2D eigenvalue weighted by Gasteiger charge is 2.35. The van der Waals surface area contributed by atoms with Gasteiger partial charge in [0.2, 0.25) is 5.91 Å². The zero-order valence-electron chi connectivity index (χ0n) is 24.3. The van der Waals surface area contributed by atoms with E-state index in [2.05, 4.69) is 10.6 Å². The fourth-order valence-corrected chi connectivity index (χ4v) is 5.38. The van der Waals surface area contributed by atoms with Gasteiger partial charge in [-0.25, -0.2) is 4.79 Å². The number of amides is 2. The average molecular weight is 559 g/mol. The van der Waals surface area contributed by atoms with Crippen molar-refractivity contribution in [3.63, 3.8) is 0 Å². The van der Waals surface area contributed by atoms with Crippen molar-refractivity contribution in [2.45, 2.75) is 83.3 Å². The molecule has 4 N–H and O–H groups in total. The van der Waals surface area contributed by atoms with Crippen molar-refractivity contribution in [3.8, 4) is 0 Å². The average Bonchev–Trinajstić information content (AvgIpc) is 3.23. The number of alkyl carbamates (subject to hydrolysis) is 1. The number of hydrogen-bond donors (Lipinski definition) is 4. The maximum Gasteiger partial charge on any atom is 0.407 e. The van der Waals surface area contributed by atoms with Gasteiger partial charge in [0, 0.05) is 12.3 Å². The monoisotopic (exact) mass is 558 g/mol. The Balaban J connectivity index is 1.56. The Morgan fingerprint density at radius 1 is 0.927 bits per heavy atom. The smallest absolute Gasteiger partial charge is 0.407 e. The number of aryl methyl sites for hydroxylation is 1. The molecule has 5 atom stereocenters. The fourth-order valence-electron chi connectivity index (χ4n) is 5.38. The highest BCUT2D eigenvalue weighted by atomic mass is 16.6. The number of carbonyl (C=O) groups excluding carboxylic acids is 2. The largest absolute Gasteiger partial charge is 0.444 e. The van der Waals surface area contributed by atoms with Crippen LogP contribution in [0.25, 0.3) is 0 Å². The van der Waals surface area contributed by atoms with E-state index in [9.17, 15) is 19.8 Å². The van der Waals surface area contributed by atoms with Crippen molar-refractivity contribution in [2.75, 3.05) is 0 Å². The van der Waals surface area contributed by atoms with E-state index in [4.69, 9.17) is 4.74 Å². The minimum absolute atomic E-state index is 0.109. The van der Waals surface area contributed by atoms with Crippen molar-refractivity contribution in [3.05, 3.63) is 107 Å². The number of carbonyl (C=O) groups is 2. The second-order valence-electron chi connectivity index (χ2n) is 12.1. The minimum Gasteiger partial charge on any atom is -0.444 e. The lowest BCUT2D eigenvalue weighted by molar-refractivity contribution is -0.127. The topological polar surface area (TPSA) is 108 Å². The van der Waals surface area contributed by atoms with Gasteiger partial charge in [0.15, 0.2) is 0 Å². The van der Waals surface area contributed by atoms with Crippen LogP contribution in [0.2, 0.25) is 0 Å². The Morgan fingerprint density at radius 2 is 1.56 bits per heavy atom. The van der Waals surface area contributed by atoms with E-state index in [0.717, 1.165) is 27.8 Å². The molecular formula is C34H42N2O5. The van der Waals surface area contributed by atoms with Gasteiger partial charge in [0.05, 0.1) is 24.3 Å². The molecule has 0 fully saturated rings. The standard InChI is InChI=1S/C34H42N2O5/c1-22-14-16-24(17-15-22)18-26(32(39)36-31-27-13-9-8-12-25(27)20-30(31)38)21-29(37)28(19-23-10-6-5-7-11-23)35-33(40)41-34(2,3)4/h5-17,26,28-31,37-38H,18-21H2,1-4H3,(H,35,40)(H,36,39)/t26-,28+,29+,30-,31+/m1/s1. The summed E-state index contributed by atoms with van der Waals surface area (Å²) in [6, 6.07) is 24.1. The molecule has 0 spiro atoms. The number of benzene rings is 3. The number of aliphatic hydroxyl groups excluding tert-OH is 2. The number of hydrogen-bond acceptors (Lipinski definition) is 5. The van der Waals surface area contributed by atoms with Crippen molar-refractivity contribution in [1.29, 1.82) is 0 Å². The molecule has 0 bridgehead atoms. The highest BCUT2D eigenvalue weighted by Crippen LogP contribution is 2.32. The Kier molecular flexibility index (Phi) is 9.84. The quantitative estimate of drug-likeness (QED) is 0.286. The zero-order chi connectivity index (χ0) is 29.6. The summed E-state index contributed by atoms with van der Waals surface area (Å²) >= 11 is 0. The molecule has 0 aliphatic heterocycles. The SMILES string of the molecule is Cc1ccc(C[C@H](C[C@H](O)[C@H](Cc2ccccc2)NC(=O)OC(C)(C)C)C(=O)N[C@H]2c3ccccc3C[C@H]2O)cc1. The van der Waals surface area contributed by atoms with Gasteiger partial charge < -0.3 is 25.6 Å². The van der Waals surface area contributed by atoms with E-state index in [-0.39, 0.29) is 12.3 Å². The third-order valence-corrected chi connectivity index (χ3v) is 7.47. The molecule has 7 nitrogen and oxygen atoms in total. The van der Waals surface area contributed by atoms with E-state index in [1.54, 1.807) is 20.8 Å². The van der Waals surface area contributed by atoms with Crippen LogP contribution >= 0.6 is 0 Å². The van der Waals surface area contributed by atoms with E-state index in [1.165, 1.54) is 0 Å². The van der Waals surface area contributed by atoms with Crippen LogP contribution in [0.3, 0.4) is 0 Å². The molecule has 3 aromatic rings. The van der Waals surface area contributed by atoms with Gasteiger partial charge in [0.1, 0.15) is 5.60 Å². The summed E-state index contributed by atoms with van der Waals surface area (Å²) in [6.07, 6.45) is -1.02. The molecule has 218 valence electrons. The van der Waals surface area contributed by atoms with Crippen LogP contribution < -0.4 is 10.6 Å². The van der Waals surface area contributed by atoms with Crippen molar-refractivity contribution in [2.24, 2.45) is 5.92 Å². The van der Waals surface area contributed by atoms with E-state index in [0.29, 0.717) is 19.3 Å². The van der Waals surface area contributed by atoms with E-state index < -0.39 is 41.9 Å². The molecule has 4 rings (SSSR count). The zero-order valence-corrected chi connectivity index (χ0v) is 24.3. The number of aliphatic hydroxyl groups is 2.